The van der Waals surface area contributed by atoms with E-state index in [1.807, 2.05) is 45.0 Å². The first kappa shape index (κ1) is 24.5. The Balaban J connectivity index is 1.96. The van der Waals surface area contributed by atoms with Crippen molar-refractivity contribution in [2.75, 3.05) is 13.2 Å². The van der Waals surface area contributed by atoms with Crippen LogP contribution in [-0.4, -0.2) is 49.8 Å². The lowest BCUT2D eigenvalue weighted by Gasteiger charge is -2.42. The molecule has 1 heterocycles. The second kappa shape index (κ2) is 10.2. The molecule has 3 unspecified atom stereocenters. The predicted octanol–water partition coefficient (Wildman–Crippen LogP) is 5.29. The van der Waals surface area contributed by atoms with Crippen LogP contribution in [0, 0.1) is 6.92 Å². The molecule has 2 aromatic carbocycles. The average molecular weight is 464 g/mol. The van der Waals surface area contributed by atoms with E-state index < -0.39 is 22.8 Å². The fraction of sp³-hybridized carbons (Fsp3) is 0.458. The van der Waals surface area contributed by atoms with E-state index in [1.54, 1.807) is 29.4 Å². The van der Waals surface area contributed by atoms with E-state index in [4.69, 9.17) is 9.47 Å². The van der Waals surface area contributed by atoms with Gasteiger partial charge in [0.05, 0.1) is 6.54 Å². The fourth-order valence-corrected chi connectivity index (χ4v) is 5.82. The first-order chi connectivity index (χ1) is 15.2. The SMILES string of the molecule is CCOC(C(=O)O)C(CC)c1ccc(C)c(CN2CC(C)Oc3ccccc3S2(O)O)c1. The van der Waals surface area contributed by atoms with Crippen LogP contribution in [0.3, 0.4) is 0 Å². The van der Waals surface area contributed by atoms with Crippen LogP contribution in [0.2, 0.25) is 0 Å². The second-order valence-electron chi connectivity index (χ2n) is 8.13. The van der Waals surface area contributed by atoms with Gasteiger partial charge in [0.1, 0.15) is 16.7 Å². The lowest BCUT2D eigenvalue weighted by atomic mass is 9.88. The van der Waals surface area contributed by atoms with Crippen LogP contribution < -0.4 is 4.74 Å². The molecule has 176 valence electrons. The molecule has 1 aliphatic rings. The lowest BCUT2D eigenvalue weighted by Crippen LogP contribution is -2.33. The minimum atomic E-state index is -3.25. The molecule has 0 radical (unpaired) electrons. The number of para-hydroxylation sites is 1. The Bertz CT molecular complexity index is 950. The molecule has 0 amide bonds. The molecule has 0 fully saturated rings. The number of ether oxygens (including phenoxy) is 2. The van der Waals surface area contributed by atoms with Crippen molar-refractivity contribution in [1.82, 2.24) is 4.31 Å². The molecule has 7 nitrogen and oxygen atoms in total. The van der Waals surface area contributed by atoms with Crippen LogP contribution in [-0.2, 0) is 16.1 Å². The number of hydrogen-bond acceptors (Lipinski definition) is 6. The van der Waals surface area contributed by atoms with Gasteiger partial charge in [0.15, 0.2) is 6.10 Å². The second-order valence-corrected chi connectivity index (χ2v) is 10.1. The van der Waals surface area contributed by atoms with Crippen molar-refractivity contribution in [3.8, 4) is 5.75 Å². The van der Waals surface area contributed by atoms with E-state index in [1.165, 1.54) is 0 Å². The molecule has 1 aliphatic heterocycles. The van der Waals surface area contributed by atoms with E-state index in [9.17, 15) is 19.0 Å². The number of carbonyl (C=O) groups is 1. The molecular weight excluding hydrogens is 430 g/mol. The zero-order valence-corrected chi connectivity index (χ0v) is 19.8. The molecule has 0 aliphatic carbocycles. The molecule has 0 bridgehead atoms. The quantitative estimate of drug-likeness (QED) is 0.489. The van der Waals surface area contributed by atoms with Crippen LogP contribution in [0.15, 0.2) is 47.4 Å². The molecule has 0 saturated carbocycles. The van der Waals surface area contributed by atoms with Crippen molar-refractivity contribution in [3.05, 3.63) is 59.2 Å². The largest absolute Gasteiger partial charge is 0.487 e. The van der Waals surface area contributed by atoms with Crippen molar-refractivity contribution in [2.45, 2.75) is 63.7 Å². The number of aliphatic carboxylic acids is 1. The highest BCUT2D eigenvalue weighted by atomic mass is 32.3. The molecule has 32 heavy (non-hydrogen) atoms. The molecule has 2 aromatic rings. The molecular formula is C24H33NO6S. The number of hydrogen-bond donors (Lipinski definition) is 3. The molecule has 3 rings (SSSR count). The number of carboxylic acids is 1. The van der Waals surface area contributed by atoms with Crippen LogP contribution >= 0.6 is 10.8 Å². The predicted molar refractivity (Wildman–Crippen MR) is 125 cm³/mol. The Morgan fingerprint density at radius 1 is 1.25 bits per heavy atom. The van der Waals surface area contributed by atoms with Crippen molar-refractivity contribution in [2.24, 2.45) is 0 Å². The van der Waals surface area contributed by atoms with Gasteiger partial charge in [0.2, 0.25) is 0 Å². The molecule has 0 spiro atoms. The van der Waals surface area contributed by atoms with E-state index in [2.05, 4.69) is 0 Å². The van der Waals surface area contributed by atoms with Gasteiger partial charge in [-0.05, 0) is 56.0 Å². The van der Waals surface area contributed by atoms with Gasteiger partial charge in [-0.1, -0.05) is 37.3 Å². The summed E-state index contributed by atoms with van der Waals surface area (Å²) in [5, 5.41) is 9.66. The molecule has 3 N–H and O–H groups in total. The van der Waals surface area contributed by atoms with E-state index in [0.29, 0.717) is 36.8 Å². The summed E-state index contributed by atoms with van der Waals surface area (Å²) < 4.78 is 35.5. The molecule has 0 saturated heterocycles. The van der Waals surface area contributed by atoms with E-state index in [0.717, 1.165) is 16.7 Å². The summed E-state index contributed by atoms with van der Waals surface area (Å²) in [7, 11) is -3.25. The monoisotopic (exact) mass is 463 g/mol. The van der Waals surface area contributed by atoms with Crippen molar-refractivity contribution < 1.29 is 28.5 Å². The first-order valence-electron chi connectivity index (χ1n) is 10.9. The number of fused-ring (bicyclic) bond motifs is 1. The number of aryl methyl sites for hydroxylation is 1. The zero-order valence-electron chi connectivity index (χ0n) is 19.0. The Morgan fingerprint density at radius 3 is 2.62 bits per heavy atom. The minimum absolute atomic E-state index is 0.231. The summed E-state index contributed by atoms with van der Waals surface area (Å²) in [5.74, 6) is -0.801. The molecule has 3 atom stereocenters. The topological polar surface area (TPSA) is 99.5 Å². The number of benzene rings is 2. The summed E-state index contributed by atoms with van der Waals surface area (Å²) >= 11 is 0. The third kappa shape index (κ3) is 5.10. The molecule has 0 aromatic heterocycles. The zero-order chi connectivity index (χ0) is 23.5. The first-order valence-corrected chi connectivity index (χ1v) is 12.4. The number of carboxylic acid groups (broad SMARTS) is 1. The van der Waals surface area contributed by atoms with Gasteiger partial charge in [-0.25, -0.2) is 4.79 Å². The summed E-state index contributed by atoms with van der Waals surface area (Å²) in [6.07, 6.45) is -0.554. The van der Waals surface area contributed by atoms with Crippen molar-refractivity contribution in [1.29, 1.82) is 0 Å². The third-order valence-electron chi connectivity index (χ3n) is 5.84. The Labute approximate surface area is 191 Å². The maximum Gasteiger partial charge on any atom is 0.333 e. The van der Waals surface area contributed by atoms with Crippen molar-refractivity contribution in [3.63, 3.8) is 0 Å². The van der Waals surface area contributed by atoms with Crippen LogP contribution in [0.5, 0.6) is 5.75 Å². The average Bonchev–Trinajstić information content (AvgIpc) is 2.83. The van der Waals surface area contributed by atoms with Gasteiger partial charge in [0, 0.05) is 19.1 Å². The highest BCUT2D eigenvalue weighted by Crippen LogP contribution is 2.57. The third-order valence-corrected chi connectivity index (χ3v) is 7.76. The summed E-state index contributed by atoms with van der Waals surface area (Å²) in [5.41, 5.74) is 2.77. The maximum absolute atomic E-state index is 11.8. The standard InChI is InChI=1S/C24H33NO6S/c1-5-20(23(24(26)27)30-6-2)18-12-11-16(3)19(13-18)15-25-14-17(4)31-21-9-7-8-10-22(21)32(25,28)29/h7-13,17,20,23,28-29H,5-6,14-15H2,1-4H3,(H,26,27). The highest BCUT2D eigenvalue weighted by Gasteiger charge is 2.34. The molecule has 8 heteroatoms. The summed E-state index contributed by atoms with van der Waals surface area (Å²) in [6, 6.07) is 12.9. The van der Waals surface area contributed by atoms with Gasteiger partial charge in [-0.3, -0.25) is 9.11 Å². The lowest BCUT2D eigenvalue weighted by molar-refractivity contribution is -0.151. The van der Waals surface area contributed by atoms with Gasteiger partial charge in [0.25, 0.3) is 0 Å². The van der Waals surface area contributed by atoms with Gasteiger partial charge in [-0.2, -0.15) is 4.31 Å². The van der Waals surface area contributed by atoms with Gasteiger partial charge >= 0.3 is 5.97 Å². The fourth-order valence-electron chi connectivity index (χ4n) is 4.16. The van der Waals surface area contributed by atoms with E-state index >= 15 is 0 Å². The van der Waals surface area contributed by atoms with Crippen molar-refractivity contribution >= 4 is 16.7 Å². The summed E-state index contributed by atoms with van der Waals surface area (Å²) in [6.45, 7) is 8.56. The van der Waals surface area contributed by atoms with Crippen LogP contribution in [0.1, 0.15) is 49.8 Å². The number of nitrogens with zero attached hydrogens (tertiary/aromatic N) is 1. The Kier molecular flexibility index (Phi) is 7.84. The van der Waals surface area contributed by atoms with Gasteiger partial charge < -0.3 is 14.6 Å². The maximum atomic E-state index is 11.8. The number of rotatable bonds is 8. The summed E-state index contributed by atoms with van der Waals surface area (Å²) in [4.78, 5) is 12.2. The Hall–Kier alpha value is -2.10. The minimum Gasteiger partial charge on any atom is -0.487 e. The van der Waals surface area contributed by atoms with Crippen LogP contribution in [0.25, 0.3) is 0 Å². The van der Waals surface area contributed by atoms with Crippen LogP contribution in [0.4, 0.5) is 0 Å². The Morgan fingerprint density at radius 2 is 1.97 bits per heavy atom. The highest BCUT2D eigenvalue weighted by molar-refractivity contribution is 8.22. The van der Waals surface area contributed by atoms with E-state index in [-0.39, 0.29) is 12.0 Å². The normalized spacial score (nSPS) is 21.0. The van der Waals surface area contributed by atoms with Gasteiger partial charge in [-0.15, -0.1) is 10.8 Å². The smallest absolute Gasteiger partial charge is 0.333 e.